The molecule has 1 rings (SSSR count). The van der Waals surface area contributed by atoms with Gasteiger partial charge in [-0.05, 0) is 25.1 Å². The van der Waals surface area contributed by atoms with E-state index in [0.29, 0.717) is 25.1 Å². The number of amides is 1. The summed E-state index contributed by atoms with van der Waals surface area (Å²) < 4.78 is 0. The lowest BCUT2D eigenvalue weighted by Gasteiger charge is -2.12. The molecule has 0 saturated heterocycles. The molecule has 0 spiro atoms. The van der Waals surface area contributed by atoms with E-state index in [1.54, 1.807) is 31.3 Å². The summed E-state index contributed by atoms with van der Waals surface area (Å²) >= 11 is 0. The van der Waals surface area contributed by atoms with Crippen molar-refractivity contribution in [3.05, 3.63) is 35.4 Å². The van der Waals surface area contributed by atoms with Crippen molar-refractivity contribution >= 4 is 11.9 Å². The van der Waals surface area contributed by atoms with Crippen molar-refractivity contribution in [1.29, 1.82) is 0 Å². The summed E-state index contributed by atoms with van der Waals surface area (Å²) in [5, 5.41) is 14.8. The van der Waals surface area contributed by atoms with E-state index < -0.39 is 5.97 Å². The molecule has 0 radical (unpaired) electrons. The van der Waals surface area contributed by atoms with Crippen LogP contribution in [-0.2, 0) is 11.2 Å². The summed E-state index contributed by atoms with van der Waals surface area (Å²) in [4.78, 5) is 22.7. The Balaban J connectivity index is 2.50. The molecular formula is C14H20N2O3. The van der Waals surface area contributed by atoms with Gasteiger partial charge in [-0.3, -0.25) is 4.79 Å². The lowest BCUT2D eigenvalue weighted by Crippen LogP contribution is -2.35. The van der Waals surface area contributed by atoms with Gasteiger partial charge in [0.1, 0.15) is 0 Å². The minimum atomic E-state index is -0.939. The van der Waals surface area contributed by atoms with Gasteiger partial charge in [-0.2, -0.15) is 0 Å². The third-order valence-corrected chi connectivity index (χ3v) is 2.90. The molecule has 1 aromatic rings. The van der Waals surface area contributed by atoms with Crippen LogP contribution in [0.3, 0.4) is 0 Å². The van der Waals surface area contributed by atoms with Gasteiger partial charge in [0.25, 0.3) is 0 Å². The van der Waals surface area contributed by atoms with E-state index >= 15 is 0 Å². The van der Waals surface area contributed by atoms with Crippen LogP contribution in [0.5, 0.6) is 0 Å². The molecule has 0 fully saturated rings. The number of carboxylic acid groups (broad SMARTS) is 1. The fourth-order valence-corrected chi connectivity index (χ4v) is 1.84. The fraction of sp³-hybridized carbons (Fsp3) is 0.429. The Morgan fingerprint density at radius 2 is 2.00 bits per heavy atom. The lowest BCUT2D eigenvalue weighted by atomic mass is 10.0. The zero-order valence-electron chi connectivity index (χ0n) is 11.3. The first-order chi connectivity index (χ1) is 9.06. The van der Waals surface area contributed by atoms with Crippen LogP contribution in [0.4, 0.5) is 0 Å². The molecule has 0 aliphatic carbocycles. The van der Waals surface area contributed by atoms with Crippen LogP contribution in [0.1, 0.15) is 22.8 Å². The molecule has 19 heavy (non-hydrogen) atoms. The number of aromatic carboxylic acids is 1. The minimum Gasteiger partial charge on any atom is -0.478 e. The number of benzene rings is 1. The topological polar surface area (TPSA) is 78.4 Å². The maximum absolute atomic E-state index is 11.7. The quantitative estimate of drug-likeness (QED) is 0.683. The van der Waals surface area contributed by atoms with Crippen LogP contribution in [-0.4, -0.2) is 37.1 Å². The van der Waals surface area contributed by atoms with Crippen molar-refractivity contribution in [2.24, 2.45) is 5.92 Å². The summed E-state index contributed by atoms with van der Waals surface area (Å²) in [7, 11) is 1.80. The first kappa shape index (κ1) is 15.2. The average Bonchev–Trinajstić information content (AvgIpc) is 2.39. The Labute approximate surface area is 113 Å². The Morgan fingerprint density at radius 3 is 2.63 bits per heavy atom. The molecule has 0 aliphatic heterocycles. The number of carbonyl (C=O) groups excluding carboxylic acids is 1. The van der Waals surface area contributed by atoms with Crippen molar-refractivity contribution in [3.63, 3.8) is 0 Å². The van der Waals surface area contributed by atoms with Crippen LogP contribution < -0.4 is 10.6 Å². The molecule has 3 N–H and O–H groups in total. The Morgan fingerprint density at radius 1 is 1.32 bits per heavy atom. The molecule has 0 heterocycles. The molecule has 0 saturated carbocycles. The smallest absolute Gasteiger partial charge is 0.335 e. The van der Waals surface area contributed by atoms with Gasteiger partial charge >= 0.3 is 5.97 Å². The van der Waals surface area contributed by atoms with E-state index in [2.05, 4.69) is 10.6 Å². The van der Waals surface area contributed by atoms with Gasteiger partial charge in [-0.1, -0.05) is 25.1 Å². The van der Waals surface area contributed by atoms with Crippen molar-refractivity contribution in [2.75, 3.05) is 20.1 Å². The van der Waals surface area contributed by atoms with Crippen LogP contribution in [0.2, 0.25) is 0 Å². The fourth-order valence-electron chi connectivity index (χ4n) is 1.84. The molecular weight excluding hydrogens is 244 g/mol. The van der Waals surface area contributed by atoms with E-state index in [1.165, 1.54) is 0 Å². The van der Waals surface area contributed by atoms with E-state index in [-0.39, 0.29) is 11.8 Å². The number of carbonyl (C=O) groups is 2. The first-order valence-corrected chi connectivity index (χ1v) is 6.29. The second kappa shape index (κ2) is 7.53. The van der Waals surface area contributed by atoms with Crippen LogP contribution >= 0.6 is 0 Å². The second-order valence-corrected chi connectivity index (χ2v) is 4.46. The number of rotatable bonds is 7. The second-order valence-electron chi connectivity index (χ2n) is 4.46. The minimum absolute atomic E-state index is 0.0258. The van der Waals surface area contributed by atoms with Crippen molar-refractivity contribution in [3.8, 4) is 0 Å². The normalized spacial score (nSPS) is 11.9. The van der Waals surface area contributed by atoms with Gasteiger partial charge in [0, 0.05) is 19.0 Å². The highest BCUT2D eigenvalue weighted by molar-refractivity contribution is 5.89. The molecule has 1 aromatic carbocycles. The van der Waals surface area contributed by atoms with Gasteiger partial charge in [-0.15, -0.1) is 0 Å². The molecule has 104 valence electrons. The highest BCUT2D eigenvalue weighted by Gasteiger charge is 2.12. The summed E-state index contributed by atoms with van der Waals surface area (Å²) in [6, 6.07) is 6.84. The standard InChI is InChI=1S/C14H20N2O3/c1-10(9-15-2)13(17)16-8-7-11-5-3-4-6-12(11)14(18)19/h3-6,10,15H,7-9H2,1-2H3,(H,16,17)(H,18,19). The zero-order valence-corrected chi connectivity index (χ0v) is 11.3. The molecule has 1 unspecified atom stereocenters. The van der Waals surface area contributed by atoms with Crippen LogP contribution in [0.15, 0.2) is 24.3 Å². The van der Waals surface area contributed by atoms with Gasteiger partial charge in [0.05, 0.1) is 5.56 Å². The summed E-state index contributed by atoms with van der Waals surface area (Å²) in [6.07, 6.45) is 0.514. The molecule has 1 amide bonds. The maximum Gasteiger partial charge on any atom is 0.335 e. The van der Waals surface area contributed by atoms with E-state index in [1.807, 2.05) is 6.92 Å². The third kappa shape index (κ3) is 4.71. The van der Waals surface area contributed by atoms with Gasteiger partial charge < -0.3 is 15.7 Å². The molecule has 0 aliphatic rings. The third-order valence-electron chi connectivity index (χ3n) is 2.90. The van der Waals surface area contributed by atoms with Crippen molar-refractivity contribution in [1.82, 2.24) is 10.6 Å². The molecule has 5 heteroatoms. The summed E-state index contributed by atoms with van der Waals surface area (Å²) in [5.74, 6) is -1.06. The van der Waals surface area contributed by atoms with Gasteiger partial charge in [-0.25, -0.2) is 4.79 Å². The van der Waals surface area contributed by atoms with Crippen molar-refractivity contribution < 1.29 is 14.7 Å². The number of carboxylic acids is 1. The Hall–Kier alpha value is -1.88. The largest absolute Gasteiger partial charge is 0.478 e. The number of hydrogen-bond acceptors (Lipinski definition) is 3. The zero-order chi connectivity index (χ0) is 14.3. The first-order valence-electron chi connectivity index (χ1n) is 6.29. The number of hydrogen-bond donors (Lipinski definition) is 3. The van der Waals surface area contributed by atoms with Crippen LogP contribution in [0, 0.1) is 5.92 Å². The molecule has 0 bridgehead atoms. The van der Waals surface area contributed by atoms with E-state index in [0.717, 1.165) is 5.56 Å². The van der Waals surface area contributed by atoms with Gasteiger partial charge in [0.15, 0.2) is 0 Å². The summed E-state index contributed by atoms with van der Waals surface area (Å²) in [6.45, 7) is 2.91. The highest BCUT2D eigenvalue weighted by Crippen LogP contribution is 2.09. The molecule has 5 nitrogen and oxygen atoms in total. The maximum atomic E-state index is 11.7. The Kier molecular flexibility index (Phi) is 6.02. The number of nitrogens with one attached hydrogen (secondary N) is 2. The molecule has 0 aromatic heterocycles. The average molecular weight is 264 g/mol. The van der Waals surface area contributed by atoms with Gasteiger partial charge in [0.2, 0.25) is 5.91 Å². The van der Waals surface area contributed by atoms with Crippen LogP contribution in [0.25, 0.3) is 0 Å². The monoisotopic (exact) mass is 264 g/mol. The summed E-state index contributed by atoms with van der Waals surface area (Å²) in [5.41, 5.74) is 1.02. The molecule has 1 atom stereocenters. The Bertz CT molecular complexity index is 446. The predicted molar refractivity (Wildman–Crippen MR) is 73.2 cm³/mol. The van der Waals surface area contributed by atoms with E-state index in [9.17, 15) is 9.59 Å². The lowest BCUT2D eigenvalue weighted by molar-refractivity contribution is -0.124. The predicted octanol–water partition coefficient (Wildman–Crippen LogP) is 0.899. The van der Waals surface area contributed by atoms with Crippen molar-refractivity contribution in [2.45, 2.75) is 13.3 Å². The highest BCUT2D eigenvalue weighted by atomic mass is 16.4. The SMILES string of the molecule is CNCC(C)C(=O)NCCc1ccccc1C(=O)O. The van der Waals surface area contributed by atoms with E-state index in [4.69, 9.17) is 5.11 Å².